The maximum absolute atomic E-state index is 11.3. The van der Waals surface area contributed by atoms with Gasteiger partial charge >= 0.3 is 0 Å². The number of carbonyl (C=O) groups is 1. The summed E-state index contributed by atoms with van der Waals surface area (Å²) in [6.07, 6.45) is 9.04. The lowest BCUT2D eigenvalue weighted by molar-refractivity contribution is -0.127. The highest BCUT2D eigenvalue weighted by atomic mass is 16.2. The number of amides is 1. The van der Waals surface area contributed by atoms with Crippen molar-refractivity contribution in [1.82, 2.24) is 25.1 Å². The molecule has 6 heteroatoms. The summed E-state index contributed by atoms with van der Waals surface area (Å²) in [5, 5.41) is 6.66. The second-order valence-corrected chi connectivity index (χ2v) is 5.20. The van der Waals surface area contributed by atoms with E-state index in [0.717, 1.165) is 42.9 Å². The summed E-state index contributed by atoms with van der Waals surface area (Å²) in [5.74, 6) is 0.655. The summed E-state index contributed by atoms with van der Waals surface area (Å²) in [6, 6.07) is 0. The zero-order valence-electron chi connectivity index (χ0n) is 11.4. The van der Waals surface area contributed by atoms with Crippen LogP contribution in [0.3, 0.4) is 0 Å². The van der Waals surface area contributed by atoms with Gasteiger partial charge in [-0.1, -0.05) is 0 Å². The average molecular weight is 271 g/mol. The SMILES string of the molecule is CC(=O)N1CC[C@H](Cc2cnc(-c3cn[nH]c3)cn2)C1. The highest BCUT2D eigenvalue weighted by Gasteiger charge is 2.24. The lowest BCUT2D eigenvalue weighted by Crippen LogP contribution is -2.26. The Kier molecular flexibility index (Phi) is 3.45. The van der Waals surface area contributed by atoms with Crippen molar-refractivity contribution in [1.29, 1.82) is 0 Å². The van der Waals surface area contributed by atoms with Gasteiger partial charge in [-0.05, 0) is 18.8 Å². The molecule has 3 heterocycles. The van der Waals surface area contributed by atoms with Crippen molar-refractivity contribution in [3.8, 4) is 11.3 Å². The standard InChI is InChI=1S/C14H17N5O/c1-10(20)19-3-2-11(9-19)4-13-7-16-14(8-15-13)12-5-17-18-6-12/h5-8,11H,2-4,9H2,1H3,(H,17,18)/t11-/m1/s1. The molecule has 1 aliphatic rings. The number of nitrogens with zero attached hydrogens (tertiary/aromatic N) is 4. The molecular weight excluding hydrogens is 254 g/mol. The number of hydrogen-bond donors (Lipinski definition) is 1. The molecule has 6 nitrogen and oxygen atoms in total. The highest BCUT2D eigenvalue weighted by Crippen LogP contribution is 2.20. The highest BCUT2D eigenvalue weighted by molar-refractivity contribution is 5.73. The molecule has 0 spiro atoms. The van der Waals surface area contributed by atoms with Gasteiger partial charge in [-0.15, -0.1) is 0 Å². The largest absolute Gasteiger partial charge is 0.343 e. The van der Waals surface area contributed by atoms with Gasteiger partial charge in [0, 0.05) is 38.0 Å². The maximum atomic E-state index is 11.3. The van der Waals surface area contributed by atoms with Crippen molar-refractivity contribution >= 4 is 5.91 Å². The third kappa shape index (κ3) is 2.68. The van der Waals surface area contributed by atoms with Crippen LogP contribution in [0.2, 0.25) is 0 Å². The molecule has 2 aromatic rings. The van der Waals surface area contributed by atoms with Crippen LogP contribution in [-0.4, -0.2) is 44.1 Å². The third-order valence-electron chi connectivity index (χ3n) is 3.73. The molecule has 20 heavy (non-hydrogen) atoms. The van der Waals surface area contributed by atoms with Gasteiger partial charge in [0.2, 0.25) is 5.91 Å². The quantitative estimate of drug-likeness (QED) is 0.912. The van der Waals surface area contributed by atoms with Gasteiger partial charge in [-0.2, -0.15) is 5.10 Å². The molecular formula is C14H17N5O. The monoisotopic (exact) mass is 271 g/mol. The van der Waals surface area contributed by atoms with Crippen LogP contribution in [0.4, 0.5) is 0 Å². The van der Waals surface area contributed by atoms with Crippen LogP contribution in [-0.2, 0) is 11.2 Å². The van der Waals surface area contributed by atoms with E-state index in [-0.39, 0.29) is 5.91 Å². The Morgan fingerprint density at radius 3 is 2.90 bits per heavy atom. The molecule has 1 aliphatic heterocycles. The topological polar surface area (TPSA) is 74.8 Å². The van der Waals surface area contributed by atoms with Crippen LogP contribution in [0.15, 0.2) is 24.8 Å². The number of H-pyrrole nitrogens is 1. The summed E-state index contributed by atoms with van der Waals surface area (Å²) in [4.78, 5) is 22.1. The Hall–Kier alpha value is -2.24. The van der Waals surface area contributed by atoms with E-state index in [1.54, 1.807) is 25.5 Å². The van der Waals surface area contributed by atoms with Crippen molar-refractivity contribution in [2.75, 3.05) is 13.1 Å². The first-order valence-corrected chi connectivity index (χ1v) is 6.78. The third-order valence-corrected chi connectivity index (χ3v) is 3.73. The van der Waals surface area contributed by atoms with Gasteiger partial charge < -0.3 is 4.90 Å². The fourth-order valence-corrected chi connectivity index (χ4v) is 2.58. The van der Waals surface area contributed by atoms with E-state index in [2.05, 4.69) is 20.2 Å². The molecule has 0 bridgehead atoms. The Balaban J connectivity index is 1.63. The number of nitrogens with one attached hydrogen (secondary N) is 1. The van der Waals surface area contributed by atoms with Gasteiger partial charge in [-0.25, -0.2) is 0 Å². The van der Waals surface area contributed by atoms with Crippen LogP contribution in [0.5, 0.6) is 0 Å². The van der Waals surface area contributed by atoms with Gasteiger partial charge in [0.25, 0.3) is 0 Å². The van der Waals surface area contributed by atoms with E-state index < -0.39 is 0 Å². The van der Waals surface area contributed by atoms with Crippen LogP contribution >= 0.6 is 0 Å². The van der Waals surface area contributed by atoms with E-state index in [9.17, 15) is 4.79 Å². The molecule has 1 saturated heterocycles. The molecule has 1 amide bonds. The number of rotatable bonds is 3. The molecule has 0 unspecified atom stereocenters. The number of likely N-dealkylation sites (tertiary alicyclic amines) is 1. The van der Waals surface area contributed by atoms with E-state index in [4.69, 9.17) is 0 Å². The molecule has 1 N–H and O–H groups in total. The van der Waals surface area contributed by atoms with Crippen molar-refractivity contribution in [2.24, 2.45) is 5.92 Å². The molecule has 0 saturated carbocycles. The molecule has 2 aromatic heterocycles. The summed E-state index contributed by atoms with van der Waals surface area (Å²) in [7, 11) is 0. The summed E-state index contributed by atoms with van der Waals surface area (Å²) in [5.41, 5.74) is 2.74. The Morgan fingerprint density at radius 1 is 1.40 bits per heavy atom. The first-order chi connectivity index (χ1) is 9.72. The van der Waals surface area contributed by atoms with E-state index in [1.165, 1.54) is 0 Å². The zero-order chi connectivity index (χ0) is 13.9. The van der Waals surface area contributed by atoms with Crippen molar-refractivity contribution < 1.29 is 4.79 Å². The summed E-state index contributed by atoms with van der Waals surface area (Å²) in [6.45, 7) is 3.32. The van der Waals surface area contributed by atoms with Crippen molar-refractivity contribution in [3.63, 3.8) is 0 Å². The molecule has 0 aliphatic carbocycles. The summed E-state index contributed by atoms with van der Waals surface area (Å²) >= 11 is 0. The molecule has 1 atom stereocenters. The van der Waals surface area contributed by atoms with Crippen LogP contribution in [0.1, 0.15) is 19.0 Å². The number of aromatic nitrogens is 4. The molecule has 0 radical (unpaired) electrons. The predicted octanol–water partition coefficient (Wildman–Crippen LogP) is 1.28. The van der Waals surface area contributed by atoms with E-state index in [0.29, 0.717) is 5.92 Å². The second-order valence-electron chi connectivity index (χ2n) is 5.20. The zero-order valence-corrected chi connectivity index (χ0v) is 11.4. The molecule has 0 aromatic carbocycles. The smallest absolute Gasteiger partial charge is 0.219 e. The van der Waals surface area contributed by atoms with E-state index in [1.807, 2.05) is 11.1 Å². The second kappa shape index (κ2) is 5.40. The van der Waals surface area contributed by atoms with Crippen LogP contribution in [0.25, 0.3) is 11.3 Å². The minimum atomic E-state index is 0.161. The lowest BCUT2D eigenvalue weighted by atomic mass is 10.0. The van der Waals surface area contributed by atoms with Gasteiger partial charge in [0.05, 0.1) is 23.8 Å². The van der Waals surface area contributed by atoms with Crippen molar-refractivity contribution in [2.45, 2.75) is 19.8 Å². The molecule has 3 rings (SSSR count). The van der Waals surface area contributed by atoms with Crippen LogP contribution < -0.4 is 0 Å². The average Bonchev–Trinajstić information content (AvgIpc) is 3.10. The van der Waals surface area contributed by atoms with Crippen LogP contribution in [0, 0.1) is 5.92 Å². The summed E-state index contributed by atoms with van der Waals surface area (Å²) < 4.78 is 0. The number of hydrogen-bond acceptors (Lipinski definition) is 4. The Morgan fingerprint density at radius 2 is 2.30 bits per heavy atom. The predicted molar refractivity (Wildman–Crippen MR) is 73.7 cm³/mol. The maximum Gasteiger partial charge on any atom is 0.219 e. The normalized spacial score (nSPS) is 18.4. The molecule has 1 fully saturated rings. The molecule has 104 valence electrons. The number of aromatic amines is 1. The fraction of sp³-hybridized carbons (Fsp3) is 0.429. The first-order valence-electron chi connectivity index (χ1n) is 6.78. The van der Waals surface area contributed by atoms with Gasteiger partial charge in [0.1, 0.15) is 0 Å². The Labute approximate surface area is 117 Å². The van der Waals surface area contributed by atoms with E-state index >= 15 is 0 Å². The first kappa shape index (κ1) is 12.8. The lowest BCUT2D eigenvalue weighted by Gasteiger charge is -2.13. The minimum absolute atomic E-state index is 0.161. The Bertz CT molecular complexity index is 578. The van der Waals surface area contributed by atoms with Gasteiger partial charge in [0.15, 0.2) is 0 Å². The van der Waals surface area contributed by atoms with Gasteiger partial charge in [-0.3, -0.25) is 19.9 Å². The van der Waals surface area contributed by atoms with Crippen molar-refractivity contribution in [3.05, 3.63) is 30.5 Å². The fourth-order valence-electron chi connectivity index (χ4n) is 2.58. The minimum Gasteiger partial charge on any atom is -0.343 e. The number of carbonyl (C=O) groups excluding carboxylic acids is 1.